The molecule has 1 aliphatic heterocycles. The lowest BCUT2D eigenvalue weighted by Crippen LogP contribution is -2.19. The summed E-state index contributed by atoms with van der Waals surface area (Å²) in [6.45, 7) is 1.85. The molecule has 0 aliphatic carbocycles. The Hall–Kier alpha value is -3.16. The van der Waals surface area contributed by atoms with Crippen LogP contribution in [0.5, 0.6) is 0 Å². The third-order valence-corrected chi connectivity index (χ3v) is 4.73. The Morgan fingerprint density at radius 3 is 2.68 bits per heavy atom. The van der Waals surface area contributed by atoms with Gasteiger partial charge in [0.25, 0.3) is 0 Å². The number of para-hydroxylation sites is 1. The normalized spacial score (nSPS) is 15.1. The summed E-state index contributed by atoms with van der Waals surface area (Å²) in [6.07, 6.45) is -3.58. The Balaban J connectivity index is 1.69. The van der Waals surface area contributed by atoms with Crippen molar-refractivity contribution in [2.24, 2.45) is 0 Å². The average Bonchev–Trinajstić information content (AvgIpc) is 2.66. The van der Waals surface area contributed by atoms with Gasteiger partial charge >= 0.3 is 6.18 Å². The van der Waals surface area contributed by atoms with E-state index in [2.05, 4.69) is 20.6 Å². The van der Waals surface area contributed by atoms with Gasteiger partial charge in [-0.3, -0.25) is 4.79 Å². The largest absolute Gasteiger partial charge is 0.451 e. The number of aromatic nitrogens is 2. The summed E-state index contributed by atoms with van der Waals surface area (Å²) in [7, 11) is 0. The van der Waals surface area contributed by atoms with Crippen LogP contribution in [0.2, 0.25) is 0 Å². The van der Waals surface area contributed by atoms with Crippen molar-refractivity contribution in [2.45, 2.75) is 32.0 Å². The Bertz CT molecular complexity index is 1060. The molecule has 2 heterocycles. The number of benzene rings is 2. The fraction of sp³-hybridized carbons (Fsp3) is 0.250. The van der Waals surface area contributed by atoms with Crippen LogP contribution in [0.1, 0.15) is 36.3 Å². The molecule has 0 saturated heterocycles. The number of carbonyl (C=O) groups excluding carboxylic acids is 1. The van der Waals surface area contributed by atoms with E-state index in [0.717, 1.165) is 16.8 Å². The minimum atomic E-state index is -4.63. The maximum Gasteiger partial charge on any atom is 0.451 e. The van der Waals surface area contributed by atoms with E-state index in [1.165, 1.54) is 6.07 Å². The number of fused-ring (bicyclic) bond motifs is 2. The molecule has 144 valence electrons. The molecule has 0 bridgehead atoms. The van der Waals surface area contributed by atoms with Crippen LogP contribution in [0.4, 0.5) is 24.7 Å². The highest BCUT2D eigenvalue weighted by atomic mass is 19.4. The van der Waals surface area contributed by atoms with Gasteiger partial charge in [-0.25, -0.2) is 9.97 Å². The molecular formula is C20H17F3N4O. The van der Waals surface area contributed by atoms with Crippen LogP contribution in [0.25, 0.3) is 10.9 Å². The van der Waals surface area contributed by atoms with E-state index >= 15 is 0 Å². The summed E-state index contributed by atoms with van der Waals surface area (Å²) < 4.78 is 39.6. The zero-order valence-corrected chi connectivity index (χ0v) is 15.0. The third-order valence-electron chi connectivity index (χ3n) is 4.73. The van der Waals surface area contributed by atoms with Crippen LogP contribution in [0, 0.1) is 0 Å². The molecule has 8 heteroatoms. The molecule has 2 aromatic carbocycles. The van der Waals surface area contributed by atoms with E-state index in [4.69, 9.17) is 0 Å². The first-order chi connectivity index (χ1) is 13.3. The third kappa shape index (κ3) is 3.49. The number of alkyl halides is 3. The molecule has 0 radical (unpaired) electrons. The molecule has 0 saturated carbocycles. The molecule has 0 spiro atoms. The number of hydrogen-bond donors (Lipinski definition) is 2. The SMILES string of the molecule is CC(Nc1nc(C(F)(F)F)nc2ccccc12)c1ccc2c(c1)CCC(=O)N2. The second-order valence-electron chi connectivity index (χ2n) is 6.74. The summed E-state index contributed by atoms with van der Waals surface area (Å²) in [5.74, 6) is -1.05. The highest BCUT2D eigenvalue weighted by Crippen LogP contribution is 2.32. The van der Waals surface area contributed by atoms with E-state index in [0.29, 0.717) is 18.2 Å². The van der Waals surface area contributed by atoms with Crippen molar-refractivity contribution in [1.82, 2.24) is 9.97 Å². The van der Waals surface area contributed by atoms with E-state index < -0.39 is 12.0 Å². The van der Waals surface area contributed by atoms with Crippen LogP contribution in [0.15, 0.2) is 42.5 Å². The number of nitrogens with one attached hydrogen (secondary N) is 2. The second kappa shape index (κ2) is 6.78. The molecule has 1 unspecified atom stereocenters. The van der Waals surface area contributed by atoms with E-state index in [1.807, 2.05) is 25.1 Å². The maximum atomic E-state index is 13.2. The van der Waals surface area contributed by atoms with Gasteiger partial charge in [0.2, 0.25) is 11.7 Å². The topological polar surface area (TPSA) is 66.9 Å². The standard InChI is InChI=1S/C20H17F3N4O/c1-11(12-6-8-15-13(10-12)7-9-17(28)25-15)24-18-14-4-2-3-5-16(14)26-19(27-18)20(21,22)23/h2-6,8,10-11H,7,9H2,1H3,(H,25,28)(H,24,26,27). The Labute approximate surface area is 159 Å². The van der Waals surface area contributed by atoms with Gasteiger partial charge in [0, 0.05) is 23.5 Å². The minimum absolute atomic E-state index is 0.0152. The zero-order chi connectivity index (χ0) is 19.9. The first-order valence-electron chi connectivity index (χ1n) is 8.84. The second-order valence-corrected chi connectivity index (χ2v) is 6.74. The van der Waals surface area contributed by atoms with Crippen LogP contribution >= 0.6 is 0 Å². The van der Waals surface area contributed by atoms with E-state index in [-0.39, 0.29) is 23.3 Å². The van der Waals surface area contributed by atoms with Gasteiger partial charge in [0.05, 0.1) is 5.52 Å². The lowest BCUT2D eigenvalue weighted by Gasteiger charge is -2.21. The van der Waals surface area contributed by atoms with Gasteiger partial charge in [-0.05, 0) is 42.7 Å². The highest BCUT2D eigenvalue weighted by Gasteiger charge is 2.35. The molecule has 4 rings (SSSR count). The van der Waals surface area contributed by atoms with Crippen molar-refractivity contribution in [1.29, 1.82) is 0 Å². The van der Waals surface area contributed by atoms with Crippen LogP contribution in [0.3, 0.4) is 0 Å². The predicted octanol–water partition coefficient (Wildman–Crippen LogP) is 4.71. The molecule has 3 aromatic rings. The number of anilines is 2. The zero-order valence-electron chi connectivity index (χ0n) is 15.0. The summed E-state index contributed by atoms with van der Waals surface area (Å²) in [5.41, 5.74) is 2.91. The molecule has 5 nitrogen and oxygen atoms in total. The lowest BCUT2D eigenvalue weighted by atomic mass is 9.98. The maximum absolute atomic E-state index is 13.2. The fourth-order valence-corrected chi connectivity index (χ4v) is 3.27. The summed E-state index contributed by atoms with van der Waals surface area (Å²) in [6, 6.07) is 11.9. The molecule has 2 N–H and O–H groups in total. The summed E-state index contributed by atoms with van der Waals surface area (Å²) in [5, 5.41) is 6.43. The molecule has 28 heavy (non-hydrogen) atoms. The fourth-order valence-electron chi connectivity index (χ4n) is 3.27. The van der Waals surface area contributed by atoms with Gasteiger partial charge in [-0.2, -0.15) is 13.2 Å². The number of carbonyl (C=O) groups is 1. The van der Waals surface area contributed by atoms with Crippen LogP contribution < -0.4 is 10.6 Å². The number of rotatable bonds is 3. The van der Waals surface area contributed by atoms with Crippen molar-refractivity contribution < 1.29 is 18.0 Å². The van der Waals surface area contributed by atoms with Crippen LogP contribution in [-0.4, -0.2) is 15.9 Å². The van der Waals surface area contributed by atoms with Crippen molar-refractivity contribution in [3.8, 4) is 0 Å². The number of halogens is 3. The highest BCUT2D eigenvalue weighted by molar-refractivity contribution is 5.94. The van der Waals surface area contributed by atoms with Gasteiger partial charge in [-0.1, -0.05) is 24.3 Å². The molecular weight excluding hydrogens is 369 g/mol. The Morgan fingerprint density at radius 1 is 1.11 bits per heavy atom. The molecule has 1 amide bonds. The quantitative estimate of drug-likeness (QED) is 0.684. The van der Waals surface area contributed by atoms with Crippen molar-refractivity contribution in [3.05, 3.63) is 59.4 Å². The molecule has 1 aliphatic rings. The first-order valence-corrected chi connectivity index (χ1v) is 8.84. The number of aryl methyl sites for hydroxylation is 1. The monoisotopic (exact) mass is 386 g/mol. The van der Waals surface area contributed by atoms with E-state index in [9.17, 15) is 18.0 Å². The van der Waals surface area contributed by atoms with Gasteiger partial charge < -0.3 is 10.6 Å². The first kappa shape index (κ1) is 18.2. The van der Waals surface area contributed by atoms with Crippen molar-refractivity contribution in [3.63, 3.8) is 0 Å². The number of hydrogen-bond acceptors (Lipinski definition) is 4. The Morgan fingerprint density at radius 2 is 1.89 bits per heavy atom. The predicted molar refractivity (Wildman–Crippen MR) is 100.0 cm³/mol. The van der Waals surface area contributed by atoms with Gasteiger partial charge in [-0.15, -0.1) is 0 Å². The molecule has 0 fully saturated rings. The summed E-state index contributed by atoms with van der Waals surface area (Å²) >= 11 is 0. The average molecular weight is 386 g/mol. The van der Waals surface area contributed by atoms with Crippen molar-refractivity contribution >= 4 is 28.3 Å². The Kier molecular flexibility index (Phi) is 4.41. The smallest absolute Gasteiger partial charge is 0.363 e. The van der Waals surface area contributed by atoms with Gasteiger partial charge in [0.1, 0.15) is 5.82 Å². The summed E-state index contributed by atoms with van der Waals surface area (Å²) in [4.78, 5) is 18.9. The minimum Gasteiger partial charge on any atom is -0.363 e. The number of amides is 1. The number of nitrogens with zero attached hydrogens (tertiary/aromatic N) is 2. The lowest BCUT2D eigenvalue weighted by molar-refractivity contribution is -0.144. The van der Waals surface area contributed by atoms with Crippen LogP contribution in [-0.2, 0) is 17.4 Å². The van der Waals surface area contributed by atoms with Crippen molar-refractivity contribution in [2.75, 3.05) is 10.6 Å². The van der Waals surface area contributed by atoms with Gasteiger partial charge in [0.15, 0.2) is 0 Å². The molecule has 1 aromatic heterocycles. The van der Waals surface area contributed by atoms with E-state index in [1.54, 1.807) is 18.2 Å². The molecule has 1 atom stereocenters.